The molecular weight excluding hydrogens is 340 g/mol. The Balaban J connectivity index is 1.73. The second-order valence-corrected chi connectivity index (χ2v) is 7.66. The molecule has 2 aromatic rings. The van der Waals surface area contributed by atoms with Crippen molar-refractivity contribution in [3.8, 4) is 16.9 Å². The summed E-state index contributed by atoms with van der Waals surface area (Å²) in [7, 11) is 0. The van der Waals surface area contributed by atoms with Crippen LogP contribution in [-0.2, 0) is 9.47 Å². The van der Waals surface area contributed by atoms with Crippen LogP contribution in [0.3, 0.4) is 0 Å². The Bertz CT molecular complexity index is 815. The topological polar surface area (TPSA) is 44.8 Å². The van der Waals surface area contributed by atoms with E-state index in [4.69, 9.17) is 14.2 Å². The summed E-state index contributed by atoms with van der Waals surface area (Å²) >= 11 is 0. The van der Waals surface area contributed by atoms with Crippen LogP contribution in [0, 0.1) is 20.8 Å². The molecule has 0 saturated carbocycles. The molecule has 0 N–H and O–H groups in total. The maximum atomic E-state index is 11.3. The Morgan fingerprint density at radius 1 is 1.19 bits per heavy atom. The molecule has 0 bridgehead atoms. The number of aldehydes is 1. The molecule has 0 aliphatic carbocycles. The van der Waals surface area contributed by atoms with Crippen LogP contribution in [0.1, 0.15) is 47.3 Å². The highest BCUT2D eigenvalue weighted by molar-refractivity contribution is 5.84. The number of rotatable bonds is 6. The maximum absolute atomic E-state index is 11.3. The smallest absolute Gasteiger partial charge is 0.163 e. The third-order valence-corrected chi connectivity index (χ3v) is 5.05. The maximum Gasteiger partial charge on any atom is 0.163 e. The molecule has 0 amide bonds. The third kappa shape index (κ3) is 4.40. The molecule has 2 aromatic carbocycles. The molecule has 1 heterocycles. The van der Waals surface area contributed by atoms with Crippen molar-refractivity contribution in [2.24, 2.45) is 0 Å². The summed E-state index contributed by atoms with van der Waals surface area (Å²) in [6, 6.07) is 9.97. The second kappa shape index (κ2) is 7.83. The molecule has 3 rings (SSSR count). The van der Waals surface area contributed by atoms with Crippen molar-refractivity contribution in [2.75, 3.05) is 13.2 Å². The zero-order chi connectivity index (χ0) is 19.6. The summed E-state index contributed by atoms with van der Waals surface area (Å²) in [4.78, 5) is 11.3. The number of hydrogen-bond acceptors (Lipinski definition) is 4. The molecule has 4 nitrogen and oxygen atoms in total. The number of aryl methyl sites for hydroxylation is 2. The Hall–Kier alpha value is -2.17. The van der Waals surface area contributed by atoms with Gasteiger partial charge in [-0.05, 0) is 74.6 Å². The van der Waals surface area contributed by atoms with E-state index in [1.54, 1.807) is 0 Å². The van der Waals surface area contributed by atoms with Crippen LogP contribution in [-0.4, -0.2) is 31.4 Å². The summed E-state index contributed by atoms with van der Waals surface area (Å²) in [5.41, 5.74) is 6.27. The standard InChI is InChI=1S/C23H28O4/c1-15-11-20(25-10-9-19-14-26-23(4,5)27-19)12-16(2)22(15)21-8-6-7-18(13-24)17(21)3/h6-8,11-13,19H,9-10,14H2,1-5H3/t19-/m0/s1. The number of ether oxygens (including phenoxy) is 3. The molecule has 0 radical (unpaired) electrons. The van der Waals surface area contributed by atoms with Gasteiger partial charge in [-0.15, -0.1) is 0 Å². The van der Waals surface area contributed by atoms with Crippen LogP contribution in [0.25, 0.3) is 11.1 Å². The molecule has 1 saturated heterocycles. The summed E-state index contributed by atoms with van der Waals surface area (Å²) in [6.07, 6.45) is 1.79. The van der Waals surface area contributed by atoms with E-state index in [-0.39, 0.29) is 6.10 Å². The zero-order valence-electron chi connectivity index (χ0n) is 16.8. The zero-order valence-corrected chi connectivity index (χ0v) is 16.8. The van der Waals surface area contributed by atoms with Gasteiger partial charge < -0.3 is 14.2 Å². The van der Waals surface area contributed by atoms with E-state index in [2.05, 4.69) is 32.0 Å². The SMILES string of the molecule is Cc1cc(OCC[C@H]2COC(C)(C)O2)cc(C)c1-c1cccc(C=O)c1C. The lowest BCUT2D eigenvalue weighted by atomic mass is 9.90. The van der Waals surface area contributed by atoms with E-state index >= 15 is 0 Å². The summed E-state index contributed by atoms with van der Waals surface area (Å²) < 4.78 is 17.4. The van der Waals surface area contributed by atoms with Gasteiger partial charge in [0.25, 0.3) is 0 Å². The quantitative estimate of drug-likeness (QED) is 0.672. The average molecular weight is 368 g/mol. The molecule has 0 aromatic heterocycles. The van der Waals surface area contributed by atoms with Crippen LogP contribution in [0.4, 0.5) is 0 Å². The minimum atomic E-state index is -0.493. The van der Waals surface area contributed by atoms with Gasteiger partial charge in [0.15, 0.2) is 5.79 Å². The van der Waals surface area contributed by atoms with Gasteiger partial charge in [-0.1, -0.05) is 18.2 Å². The Labute approximate surface area is 161 Å². The van der Waals surface area contributed by atoms with E-state index in [0.29, 0.717) is 13.2 Å². The van der Waals surface area contributed by atoms with Crippen molar-refractivity contribution >= 4 is 6.29 Å². The fourth-order valence-electron chi connectivity index (χ4n) is 3.70. The predicted molar refractivity (Wildman–Crippen MR) is 106 cm³/mol. The van der Waals surface area contributed by atoms with Crippen LogP contribution in [0.5, 0.6) is 5.75 Å². The minimum Gasteiger partial charge on any atom is -0.493 e. The van der Waals surface area contributed by atoms with Crippen molar-refractivity contribution in [1.29, 1.82) is 0 Å². The highest BCUT2D eigenvalue weighted by Gasteiger charge is 2.32. The first kappa shape index (κ1) is 19.6. The lowest BCUT2D eigenvalue weighted by Crippen LogP contribution is -2.22. The molecule has 0 spiro atoms. The predicted octanol–water partition coefficient (Wildman–Crippen LogP) is 5.01. The molecular formula is C23H28O4. The number of benzene rings is 2. The Kier molecular flexibility index (Phi) is 5.68. The Morgan fingerprint density at radius 3 is 2.48 bits per heavy atom. The van der Waals surface area contributed by atoms with Crippen molar-refractivity contribution in [2.45, 2.75) is 52.9 Å². The molecule has 0 unspecified atom stereocenters. The third-order valence-electron chi connectivity index (χ3n) is 5.05. The molecule has 1 aliphatic rings. The number of carbonyl (C=O) groups is 1. The van der Waals surface area contributed by atoms with Gasteiger partial charge in [-0.3, -0.25) is 4.79 Å². The first-order chi connectivity index (χ1) is 12.8. The molecule has 1 aliphatic heterocycles. The van der Waals surface area contributed by atoms with Crippen molar-refractivity contribution in [3.05, 3.63) is 52.6 Å². The average Bonchev–Trinajstić information content (AvgIpc) is 2.95. The van der Waals surface area contributed by atoms with Crippen LogP contribution in [0.15, 0.2) is 30.3 Å². The van der Waals surface area contributed by atoms with Crippen molar-refractivity contribution in [3.63, 3.8) is 0 Å². The van der Waals surface area contributed by atoms with Crippen molar-refractivity contribution < 1.29 is 19.0 Å². The highest BCUT2D eigenvalue weighted by Crippen LogP contribution is 2.34. The van der Waals surface area contributed by atoms with Crippen LogP contribution in [0.2, 0.25) is 0 Å². The van der Waals surface area contributed by atoms with Gasteiger partial charge >= 0.3 is 0 Å². The molecule has 27 heavy (non-hydrogen) atoms. The highest BCUT2D eigenvalue weighted by atomic mass is 16.7. The summed E-state index contributed by atoms with van der Waals surface area (Å²) in [5, 5.41) is 0. The van der Waals surface area contributed by atoms with Gasteiger partial charge in [-0.25, -0.2) is 0 Å². The van der Waals surface area contributed by atoms with Gasteiger partial charge in [-0.2, -0.15) is 0 Å². The molecule has 4 heteroatoms. The van der Waals surface area contributed by atoms with E-state index < -0.39 is 5.79 Å². The second-order valence-electron chi connectivity index (χ2n) is 7.66. The fraction of sp³-hybridized carbons (Fsp3) is 0.435. The van der Waals surface area contributed by atoms with Gasteiger partial charge in [0.1, 0.15) is 12.0 Å². The Morgan fingerprint density at radius 2 is 1.89 bits per heavy atom. The molecule has 1 fully saturated rings. The fourth-order valence-corrected chi connectivity index (χ4v) is 3.70. The lowest BCUT2D eigenvalue weighted by Gasteiger charge is -2.18. The van der Waals surface area contributed by atoms with Crippen molar-refractivity contribution in [1.82, 2.24) is 0 Å². The lowest BCUT2D eigenvalue weighted by molar-refractivity contribution is -0.139. The van der Waals surface area contributed by atoms with E-state index in [1.807, 2.05) is 32.9 Å². The first-order valence-corrected chi connectivity index (χ1v) is 9.42. The largest absolute Gasteiger partial charge is 0.493 e. The summed E-state index contributed by atoms with van der Waals surface area (Å²) in [6.45, 7) is 11.2. The first-order valence-electron chi connectivity index (χ1n) is 9.42. The van der Waals surface area contributed by atoms with E-state index in [9.17, 15) is 4.79 Å². The van der Waals surface area contributed by atoms with Crippen LogP contribution < -0.4 is 4.74 Å². The monoisotopic (exact) mass is 368 g/mol. The molecule has 1 atom stereocenters. The minimum absolute atomic E-state index is 0.0789. The van der Waals surface area contributed by atoms with E-state index in [1.165, 1.54) is 0 Å². The number of carbonyl (C=O) groups excluding carboxylic acids is 1. The molecule has 144 valence electrons. The summed E-state index contributed by atoms with van der Waals surface area (Å²) in [5.74, 6) is 0.365. The normalized spacial score (nSPS) is 18.5. The van der Waals surface area contributed by atoms with Gasteiger partial charge in [0.2, 0.25) is 0 Å². The number of hydrogen-bond donors (Lipinski definition) is 0. The van der Waals surface area contributed by atoms with Gasteiger partial charge in [0.05, 0.1) is 19.3 Å². The van der Waals surface area contributed by atoms with Gasteiger partial charge in [0, 0.05) is 12.0 Å². The van der Waals surface area contributed by atoms with E-state index in [0.717, 1.165) is 51.8 Å². The van der Waals surface area contributed by atoms with Crippen LogP contribution >= 0.6 is 0 Å².